The molecule has 1 fully saturated rings. The van der Waals surface area contributed by atoms with Crippen molar-refractivity contribution >= 4 is 35.1 Å². The summed E-state index contributed by atoms with van der Waals surface area (Å²) in [5.41, 5.74) is 8.14. The number of piperazine rings is 1. The summed E-state index contributed by atoms with van der Waals surface area (Å²) >= 11 is 1.33. The van der Waals surface area contributed by atoms with Gasteiger partial charge in [0.15, 0.2) is 5.82 Å². The van der Waals surface area contributed by atoms with Crippen molar-refractivity contribution in [1.82, 2.24) is 19.8 Å². The van der Waals surface area contributed by atoms with Crippen LogP contribution in [0, 0.1) is 11.6 Å². The first-order valence-electron chi connectivity index (χ1n) is 12.8. The van der Waals surface area contributed by atoms with Gasteiger partial charge in [-0.05, 0) is 42.3 Å². The van der Waals surface area contributed by atoms with E-state index in [2.05, 4.69) is 25.1 Å². The lowest BCUT2D eigenvalue weighted by Gasteiger charge is -2.43. The minimum Gasteiger partial charge on any atom is -0.460 e. The number of amides is 1. The first-order valence-corrected chi connectivity index (χ1v) is 13.7. The van der Waals surface area contributed by atoms with Gasteiger partial charge in [-0.2, -0.15) is 0 Å². The number of aromatic nitrogens is 2. The number of benzene rings is 2. The molecule has 0 aliphatic carbocycles. The molecule has 2 unspecified atom stereocenters. The maximum absolute atomic E-state index is 13.7. The Bertz CT molecular complexity index is 1280. The van der Waals surface area contributed by atoms with Crippen LogP contribution < -0.4 is 11.1 Å². The average Bonchev–Trinajstić information content (AvgIpc) is 2.91. The number of nitrogens with two attached hydrogens (primary N) is 1. The Hall–Kier alpha value is -3.65. The van der Waals surface area contributed by atoms with E-state index in [1.165, 1.54) is 56.2 Å². The molecule has 1 aliphatic rings. The number of carbonyl (C=O) groups excluding carboxylic acids is 2. The van der Waals surface area contributed by atoms with E-state index in [0.29, 0.717) is 36.9 Å². The third kappa shape index (κ3) is 8.19. The number of halogens is 2. The topological polar surface area (TPSA) is 145 Å². The Kier molecular flexibility index (Phi) is 11.1. The second kappa shape index (κ2) is 14.3. The number of nitrogens with one attached hydrogen (secondary N) is 1. The van der Waals surface area contributed by atoms with Gasteiger partial charge in [0.05, 0.1) is 11.4 Å². The molecule has 5 N–H and O–H groups in total. The van der Waals surface area contributed by atoms with E-state index in [1.807, 2.05) is 6.92 Å². The molecule has 41 heavy (non-hydrogen) atoms. The van der Waals surface area contributed by atoms with E-state index < -0.39 is 12.1 Å². The molecule has 13 heteroatoms. The standard InChI is InChI=1S/C28H32F2N6O3S.H2O/c1-17(39-19(3)38)28(40-27-24(34-18(2)37)26(31)32-16-33-27)36-14-12-35(13-15-36)25(20-4-8-22(29)9-5-20)21-6-10-23(30)11-7-21;/h4-11,16-17,25,28H,12-15H2,1-3H3,(H,34,37)(H2,31,32,33);1H2. The summed E-state index contributed by atoms with van der Waals surface area (Å²) in [5.74, 6) is -1.23. The van der Waals surface area contributed by atoms with Crippen LogP contribution in [0.5, 0.6) is 0 Å². The van der Waals surface area contributed by atoms with Crippen molar-refractivity contribution in [2.45, 2.75) is 43.3 Å². The van der Waals surface area contributed by atoms with Crippen LogP contribution in [0.25, 0.3) is 0 Å². The number of nitrogens with zero attached hydrogens (tertiary/aromatic N) is 4. The van der Waals surface area contributed by atoms with Crippen LogP contribution in [0.2, 0.25) is 0 Å². The fraction of sp³-hybridized carbons (Fsp3) is 0.357. The van der Waals surface area contributed by atoms with Gasteiger partial charge >= 0.3 is 5.97 Å². The molecule has 4 rings (SSSR count). The van der Waals surface area contributed by atoms with Crippen LogP contribution in [0.3, 0.4) is 0 Å². The third-order valence-corrected chi connectivity index (χ3v) is 8.03. The summed E-state index contributed by atoms with van der Waals surface area (Å²) in [6, 6.07) is 12.5. The molecule has 10 nitrogen and oxygen atoms in total. The zero-order valence-corrected chi connectivity index (χ0v) is 23.8. The predicted octanol–water partition coefficient (Wildman–Crippen LogP) is 3.25. The molecule has 3 aromatic rings. The Morgan fingerprint density at radius 3 is 1.93 bits per heavy atom. The van der Waals surface area contributed by atoms with Crippen LogP contribution in [0.1, 0.15) is 37.9 Å². The van der Waals surface area contributed by atoms with Crippen LogP contribution in [-0.4, -0.2) is 74.8 Å². The molecule has 1 aliphatic heterocycles. The molecule has 2 atom stereocenters. The molecule has 0 bridgehead atoms. The second-order valence-corrected chi connectivity index (χ2v) is 10.6. The minimum atomic E-state index is -0.514. The quantitative estimate of drug-likeness (QED) is 0.219. The zero-order valence-electron chi connectivity index (χ0n) is 23.0. The van der Waals surface area contributed by atoms with Crippen molar-refractivity contribution < 1.29 is 28.6 Å². The highest BCUT2D eigenvalue weighted by Gasteiger charge is 2.34. The smallest absolute Gasteiger partial charge is 0.302 e. The summed E-state index contributed by atoms with van der Waals surface area (Å²) in [6.45, 7) is 7.03. The zero-order chi connectivity index (χ0) is 28.8. The summed E-state index contributed by atoms with van der Waals surface area (Å²) < 4.78 is 33.0. The fourth-order valence-electron chi connectivity index (χ4n) is 4.82. The molecule has 1 aromatic heterocycles. The van der Waals surface area contributed by atoms with Gasteiger partial charge in [0, 0.05) is 40.0 Å². The largest absolute Gasteiger partial charge is 0.460 e. The van der Waals surface area contributed by atoms with Gasteiger partial charge in [-0.3, -0.25) is 19.4 Å². The first kappa shape index (κ1) is 31.9. The number of esters is 1. The van der Waals surface area contributed by atoms with Gasteiger partial charge in [-0.25, -0.2) is 18.7 Å². The van der Waals surface area contributed by atoms with Crippen LogP contribution in [-0.2, 0) is 14.3 Å². The summed E-state index contributed by atoms with van der Waals surface area (Å²) in [6.07, 6.45) is 0.810. The van der Waals surface area contributed by atoms with Crippen LogP contribution in [0.15, 0.2) is 59.9 Å². The van der Waals surface area contributed by atoms with Gasteiger partial charge in [-0.1, -0.05) is 36.0 Å². The van der Waals surface area contributed by atoms with Crippen molar-refractivity contribution in [3.8, 4) is 0 Å². The molecule has 220 valence electrons. The third-order valence-electron chi connectivity index (χ3n) is 6.57. The van der Waals surface area contributed by atoms with Gasteiger partial charge < -0.3 is 21.3 Å². The maximum Gasteiger partial charge on any atom is 0.302 e. The van der Waals surface area contributed by atoms with Crippen molar-refractivity contribution in [3.63, 3.8) is 0 Å². The average molecular weight is 589 g/mol. The Morgan fingerprint density at radius 1 is 0.927 bits per heavy atom. The molecule has 1 saturated heterocycles. The lowest BCUT2D eigenvalue weighted by Crippen LogP contribution is -2.53. The van der Waals surface area contributed by atoms with E-state index in [0.717, 1.165) is 11.1 Å². The highest BCUT2D eigenvalue weighted by molar-refractivity contribution is 8.00. The van der Waals surface area contributed by atoms with Gasteiger partial charge in [0.2, 0.25) is 5.91 Å². The molecule has 1 amide bonds. The number of rotatable bonds is 9. The summed E-state index contributed by atoms with van der Waals surface area (Å²) in [7, 11) is 0. The van der Waals surface area contributed by atoms with E-state index in [9.17, 15) is 18.4 Å². The predicted molar refractivity (Wildman–Crippen MR) is 153 cm³/mol. The summed E-state index contributed by atoms with van der Waals surface area (Å²) in [5, 5.41) is 2.82. The number of ether oxygens (including phenoxy) is 1. The van der Waals surface area contributed by atoms with Gasteiger partial charge in [0.1, 0.15) is 34.8 Å². The van der Waals surface area contributed by atoms with Crippen LogP contribution in [0.4, 0.5) is 20.3 Å². The van der Waals surface area contributed by atoms with Gasteiger partial charge in [0.25, 0.3) is 0 Å². The highest BCUT2D eigenvalue weighted by Crippen LogP contribution is 2.37. The molecule has 0 spiro atoms. The number of carbonyl (C=O) groups is 2. The number of anilines is 2. The van der Waals surface area contributed by atoms with E-state index in [4.69, 9.17) is 10.5 Å². The number of nitrogen functional groups attached to an aromatic ring is 1. The Balaban J connectivity index is 0.00000462. The van der Waals surface area contributed by atoms with E-state index in [1.54, 1.807) is 24.3 Å². The molecule has 2 heterocycles. The Morgan fingerprint density at radius 2 is 1.44 bits per heavy atom. The lowest BCUT2D eigenvalue weighted by molar-refractivity contribution is -0.147. The lowest BCUT2D eigenvalue weighted by atomic mass is 9.96. The Labute approximate surface area is 241 Å². The first-order chi connectivity index (χ1) is 19.1. The fourth-order valence-corrected chi connectivity index (χ4v) is 6.04. The van der Waals surface area contributed by atoms with Crippen molar-refractivity contribution in [2.75, 3.05) is 37.2 Å². The van der Waals surface area contributed by atoms with Gasteiger partial charge in [-0.15, -0.1) is 0 Å². The monoisotopic (exact) mass is 588 g/mol. The SMILES string of the molecule is CC(=O)Nc1c(N)ncnc1SC(C(C)OC(C)=O)N1CCN(C(c2ccc(F)cc2)c2ccc(F)cc2)CC1.O. The second-order valence-electron chi connectivity index (χ2n) is 9.52. The molecule has 0 radical (unpaired) electrons. The van der Waals surface area contributed by atoms with E-state index in [-0.39, 0.29) is 40.3 Å². The molecular formula is C28H34F2N6O4S. The van der Waals surface area contributed by atoms with Crippen LogP contribution >= 0.6 is 11.8 Å². The number of thioether (sulfide) groups is 1. The normalized spacial score (nSPS) is 15.6. The highest BCUT2D eigenvalue weighted by atomic mass is 32.2. The molecule has 2 aromatic carbocycles. The maximum atomic E-state index is 13.7. The molecule has 0 saturated carbocycles. The van der Waals surface area contributed by atoms with Crippen molar-refractivity contribution in [2.24, 2.45) is 0 Å². The number of hydrogen-bond acceptors (Lipinski definition) is 9. The molecular weight excluding hydrogens is 554 g/mol. The number of hydrogen-bond donors (Lipinski definition) is 2. The summed E-state index contributed by atoms with van der Waals surface area (Å²) in [4.78, 5) is 36.4. The van der Waals surface area contributed by atoms with Crippen molar-refractivity contribution in [1.29, 1.82) is 0 Å². The van der Waals surface area contributed by atoms with E-state index >= 15 is 0 Å². The van der Waals surface area contributed by atoms with Crippen molar-refractivity contribution in [3.05, 3.63) is 77.6 Å². The minimum absolute atomic E-state index is 0.